The number of aliphatic hydroxyl groups is 1. The fourth-order valence-electron chi connectivity index (χ4n) is 2.04. The van der Waals surface area contributed by atoms with E-state index in [1.165, 1.54) is 11.3 Å². The van der Waals surface area contributed by atoms with Gasteiger partial charge in [0.1, 0.15) is 17.2 Å². The highest BCUT2D eigenvalue weighted by Crippen LogP contribution is 2.22. The summed E-state index contributed by atoms with van der Waals surface area (Å²) in [6, 6.07) is 6.04. The van der Waals surface area contributed by atoms with Gasteiger partial charge in [-0.2, -0.15) is 0 Å². The number of nitrogens with one attached hydrogen (secondary N) is 1. The molecule has 3 rings (SSSR count). The van der Waals surface area contributed by atoms with Gasteiger partial charge in [-0.15, -0.1) is 11.3 Å². The summed E-state index contributed by atoms with van der Waals surface area (Å²) in [5.74, 6) is 0.805. The molecule has 0 saturated heterocycles. The zero-order chi connectivity index (χ0) is 13.9. The van der Waals surface area contributed by atoms with Crippen LogP contribution in [-0.4, -0.2) is 20.1 Å². The van der Waals surface area contributed by atoms with Crippen molar-refractivity contribution in [3.63, 3.8) is 0 Å². The van der Waals surface area contributed by atoms with Gasteiger partial charge in [0.25, 0.3) is 0 Å². The highest BCUT2D eigenvalue weighted by molar-refractivity contribution is 7.09. The fraction of sp³-hybridized carbons (Fsp3) is 0.214. The number of nitrogens with zero attached hydrogens (tertiary/aromatic N) is 3. The van der Waals surface area contributed by atoms with Gasteiger partial charge in [0, 0.05) is 10.8 Å². The van der Waals surface area contributed by atoms with Gasteiger partial charge in [-0.25, -0.2) is 15.0 Å². The van der Waals surface area contributed by atoms with Crippen LogP contribution in [0.5, 0.6) is 0 Å². The van der Waals surface area contributed by atoms with E-state index in [1.807, 2.05) is 30.5 Å². The molecule has 5 nitrogen and oxygen atoms in total. The molecule has 6 heteroatoms. The predicted octanol–water partition coefficient (Wildman–Crippen LogP) is 2.50. The van der Waals surface area contributed by atoms with Crippen molar-refractivity contribution in [2.75, 3.05) is 5.32 Å². The van der Waals surface area contributed by atoms with Crippen LogP contribution in [-0.2, 0) is 13.2 Å². The van der Waals surface area contributed by atoms with Crippen LogP contribution in [0.15, 0.2) is 29.9 Å². The Labute approximate surface area is 120 Å². The minimum Gasteiger partial charge on any atom is -0.390 e. The number of anilines is 1. The summed E-state index contributed by atoms with van der Waals surface area (Å²) in [6.07, 6.45) is 1.57. The first-order valence-corrected chi connectivity index (χ1v) is 7.14. The Kier molecular flexibility index (Phi) is 3.58. The van der Waals surface area contributed by atoms with Gasteiger partial charge in [-0.3, -0.25) is 0 Å². The smallest absolute Gasteiger partial charge is 0.137 e. The molecule has 102 valence electrons. The molecule has 20 heavy (non-hydrogen) atoms. The molecule has 2 N–H and O–H groups in total. The van der Waals surface area contributed by atoms with Crippen LogP contribution in [0.2, 0.25) is 0 Å². The number of rotatable bonds is 4. The average Bonchev–Trinajstić information content (AvgIpc) is 2.94. The topological polar surface area (TPSA) is 70.9 Å². The molecule has 0 fully saturated rings. The van der Waals surface area contributed by atoms with Crippen molar-refractivity contribution in [1.82, 2.24) is 15.0 Å². The van der Waals surface area contributed by atoms with Crippen LogP contribution in [0, 0.1) is 6.92 Å². The van der Waals surface area contributed by atoms with Crippen molar-refractivity contribution in [2.24, 2.45) is 0 Å². The van der Waals surface area contributed by atoms with Crippen molar-refractivity contribution in [2.45, 2.75) is 20.1 Å². The van der Waals surface area contributed by atoms with Crippen molar-refractivity contribution >= 4 is 28.1 Å². The van der Waals surface area contributed by atoms with Crippen LogP contribution in [0.3, 0.4) is 0 Å². The quantitative estimate of drug-likeness (QED) is 0.771. The lowest BCUT2D eigenvalue weighted by molar-refractivity contribution is 0.277. The highest BCUT2D eigenvalue weighted by atomic mass is 32.1. The molecule has 2 aromatic heterocycles. The van der Waals surface area contributed by atoms with E-state index >= 15 is 0 Å². The lowest BCUT2D eigenvalue weighted by Crippen LogP contribution is -2.03. The molecule has 0 aliphatic heterocycles. The molecule has 2 heterocycles. The third-order valence-corrected chi connectivity index (χ3v) is 3.93. The van der Waals surface area contributed by atoms with E-state index < -0.39 is 0 Å². The van der Waals surface area contributed by atoms with Gasteiger partial charge >= 0.3 is 0 Å². The number of hydrogen-bond acceptors (Lipinski definition) is 6. The van der Waals surface area contributed by atoms with E-state index in [9.17, 15) is 0 Å². The van der Waals surface area contributed by atoms with Gasteiger partial charge in [0.2, 0.25) is 0 Å². The molecule has 0 spiro atoms. The molecule has 3 aromatic rings. The van der Waals surface area contributed by atoms with E-state index in [-0.39, 0.29) is 6.61 Å². The highest BCUT2D eigenvalue weighted by Gasteiger charge is 2.06. The number of para-hydroxylation sites is 1. The summed E-state index contributed by atoms with van der Waals surface area (Å²) in [7, 11) is 0. The number of aliphatic hydroxyl groups excluding tert-OH is 1. The third-order valence-electron chi connectivity index (χ3n) is 3.03. The number of benzene rings is 1. The SMILES string of the molecule is Cc1cccc2c(NCc3nc(CO)cs3)ncnc12. The van der Waals surface area contributed by atoms with Crippen LogP contribution in [0.1, 0.15) is 16.3 Å². The Hall–Kier alpha value is -2.05. The standard InChI is InChI=1S/C14H14N4OS/c1-9-3-2-4-11-13(9)16-8-17-14(11)15-5-12-18-10(6-19)7-20-12/h2-4,7-8,19H,5-6H2,1H3,(H,15,16,17). The van der Waals surface area contributed by atoms with Crippen molar-refractivity contribution in [3.8, 4) is 0 Å². The summed E-state index contributed by atoms with van der Waals surface area (Å²) in [6.45, 7) is 2.60. The molecule has 0 aliphatic rings. The first-order valence-electron chi connectivity index (χ1n) is 6.26. The maximum Gasteiger partial charge on any atom is 0.137 e. The molecule has 0 radical (unpaired) electrons. The molecule has 0 bridgehead atoms. The summed E-state index contributed by atoms with van der Waals surface area (Å²) >= 11 is 1.52. The maximum atomic E-state index is 9.01. The number of thiazole rings is 1. The molecule has 0 amide bonds. The van der Waals surface area contributed by atoms with Gasteiger partial charge in [0.05, 0.1) is 24.4 Å². The van der Waals surface area contributed by atoms with Crippen molar-refractivity contribution in [1.29, 1.82) is 0 Å². The Morgan fingerprint density at radius 1 is 1.30 bits per heavy atom. The Morgan fingerprint density at radius 3 is 3.00 bits per heavy atom. The number of aromatic nitrogens is 3. The van der Waals surface area contributed by atoms with Crippen molar-refractivity contribution < 1.29 is 5.11 Å². The molecule has 0 aliphatic carbocycles. The lowest BCUT2D eigenvalue weighted by Gasteiger charge is -2.07. The molecule has 0 atom stereocenters. The van der Waals surface area contributed by atoms with E-state index in [2.05, 4.69) is 20.3 Å². The minimum atomic E-state index is -0.0217. The maximum absolute atomic E-state index is 9.01. The van der Waals surface area contributed by atoms with Gasteiger partial charge in [-0.05, 0) is 18.6 Å². The van der Waals surface area contributed by atoms with Crippen LogP contribution in [0.4, 0.5) is 5.82 Å². The van der Waals surface area contributed by atoms with Gasteiger partial charge < -0.3 is 10.4 Å². The fourth-order valence-corrected chi connectivity index (χ4v) is 2.76. The number of fused-ring (bicyclic) bond motifs is 1. The summed E-state index contributed by atoms with van der Waals surface area (Å²) in [5, 5.41) is 16.1. The number of aryl methyl sites for hydroxylation is 1. The lowest BCUT2D eigenvalue weighted by atomic mass is 10.1. The van der Waals surface area contributed by atoms with Crippen LogP contribution >= 0.6 is 11.3 Å². The second-order valence-electron chi connectivity index (χ2n) is 4.44. The Morgan fingerprint density at radius 2 is 2.20 bits per heavy atom. The monoisotopic (exact) mass is 286 g/mol. The van der Waals surface area contributed by atoms with E-state index in [1.54, 1.807) is 6.33 Å². The molecule has 0 unspecified atom stereocenters. The number of hydrogen-bond donors (Lipinski definition) is 2. The second kappa shape index (κ2) is 5.52. The Bertz CT molecular complexity index is 741. The largest absolute Gasteiger partial charge is 0.390 e. The molecule has 0 saturated carbocycles. The van der Waals surface area contributed by atoms with Crippen LogP contribution in [0.25, 0.3) is 10.9 Å². The first kappa shape index (κ1) is 13.0. The van der Waals surface area contributed by atoms with Crippen molar-refractivity contribution in [3.05, 3.63) is 46.2 Å². The van der Waals surface area contributed by atoms with Gasteiger partial charge in [0.15, 0.2) is 0 Å². The zero-order valence-electron chi connectivity index (χ0n) is 11.0. The van der Waals surface area contributed by atoms with E-state index in [0.29, 0.717) is 12.2 Å². The first-order chi connectivity index (χ1) is 9.78. The second-order valence-corrected chi connectivity index (χ2v) is 5.38. The third kappa shape index (κ3) is 2.48. The molecule has 1 aromatic carbocycles. The summed E-state index contributed by atoms with van der Waals surface area (Å²) in [4.78, 5) is 12.9. The predicted molar refractivity (Wildman–Crippen MR) is 79.6 cm³/mol. The van der Waals surface area contributed by atoms with Crippen LogP contribution < -0.4 is 5.32 Å². The molecular formula is C14H14N4OS. The minimum absolute atomic E-state index is 0.0217. The van der Waals surface area contributed by atoms with E-state index in [0.717, 1.165) is 27.3 Å². The zero-order valence-corrected chi connectivity index (χ0v) is 11.8. The summed E-state index contributed by atoms with van der Waals surface area (Å²) < 4.78 is 0. The average molecular weight is 286 g/mol. The molecular weight excluding hydrogens is 272 g/mol. The van der Waals surface area contributed by atoms with E-state index in [4.69, 9.17) is 5.11 Å². The van der Waals surface area contributed by atoms with Gasteiger partial charge in [-0.1, -0.05) is 12.1 Å². The normalized spacial score (nSPS) is 10.9. The summed E-state index contributed by atoms with van der Waals surface area (Å²) in [5.41, 5.74) is 2.79. The Balaban J connectivity index is 1.85.